The Kier molecular flexibility index (Phi) is 9.59. The van der Waals surface area contributed by atoms with Crippen LogP contribution in [0.5, 0.6) is 5.88 Å². The minimum absolute atomic E-state index is 0.0162. The smallest absolute Gasteiger partial charge is 0.433 e. The van der Waals surface area contributed by atoms with E-state index in [1.165, 1.54) is 44.5 Å². The quantitative estimate of drug-likeness (QED) is 0.190. The third-order valence-electron chi connectivity index (χ3n) is 8.03. The van der Waals surface area contributed by atoms with Crippen molar-refractivity contribution in [3.8, 4) is 28.1 Å². The number of nitrogens with zero attached hydrogens (tertiary/aromatic N) is 3. The van der Waals surface area contributed by atoms with Crippen molar-refractivity contribution >= 4 is 23.0 Å². The number of hydrogen-bond donors (Lipinski definition) is 1. The van der Waals surface area contributed by atoms with E-state index in [1.807, 2.05) is 0 Å². The number of rotatable bonds is 7. The van der Waals surface area contributed by atoms with E-state index in [9.17, 15) is 54.2 Å². The van der Waals surface area contributed by atoms with E-state index in [-0.39, 0.29) is 34.3 Å². The molecule has 1 fully saturated rings. The summed E-state index contributed by atoms with van der Waals surface area (Å²) in [5, 5.41) is 7.26. The van der Waals surface area contributed by atoms with Crippen LogP contribution in [0.15, 0.2) is 60.8 Å². The molecule has 5 rings (SSSR count). The molecule has 2 aromatic carbocycles. The molecular weight excluding hydrogens is 705 g/mol. The molecule has 0 aliphatic carbocycles. The number of carbonyl (C=O) groups is 2. The summed E-state index contributed by atoms with van der Waals surface area (Å²) in [5.41, 5.74) is -3.53. The van der Waals surface area contributed by atoms with E-state index in [1.54, 1.807) is 6.92 Å². The molecule has 0 unspecified atom stereocenters. The maximum Gasteiger partial charge on any atom is 0.433 e. The standard InChI is InChI=1S/C33H24F9N3O4S/c1-15-8-17(29(46)47)4-5-22(15)19-11-24(28(49-3)43-13-19)23-6-7-26(33(40,41)42)44-25(23)14-45-16(2)27(50-30(45)48)18-9-20(31(34,35)36)12-21(10-18)32(37,38)39/h4-13,16,27H,14H2,1-3H3,(H,46,47)/t16-,27-/m0/s1. The first kappa shape index (κ1) is 36.5. The van der Waals surface area contributed by atoms with Crippen LogP contribution in [0, 0.1) is 6.92 Å². The summed E-state index contributed by atoms with van der Waals surface area (Å²) in [6.07, 6.45) is -13.8. The van der Waals surface area contributed by atoms with Gasteiger partial charge in [0, 0.05) is 28.9 Å². The van der Waals surface area contributed by atoms with Crippen molar-refractivity contribution < 1.29 is 58.9 Å². The summed E-state index contributed by atoms with van der Waals surface area (Å²) in [4.78, 5) is 33.8. The normalized spacial score (nSPS) is 17.0. The Labute approximate surface area is 282 Å². The van der Waals surface area contributed by atoms with Crippen LogP contribution in [0.3, 0.4) is 0 Å². The van der Waals surface area contributed by atoms with Gasteiger partial charge in [-0.2, -0.15) is 39.5 Å². The Morgan fingerprint density at radius 1 is 0.880 bits per heavy atom. The summed E-state index contributed by atoms with van der Waals surface area (Å²) in [6.45, 7) is 2.39. The third kappa shape index (κ3) is 7.37. The highest BCUT2D eigenvalue weighted by atomic mass is 32.2. The molecule has 1 amide bonds. The highest BCUT2D eigenvalue weighted by Gasteiger charge is 2.43. The first-order valence-corrected chi connectivity index (χ1v) is 15.3. The first-order valence-electron chi connectivity index (χ1n) is 14.4. The van der Waals surface area contributed by atoms with Gasteiger partial charge in [-0.3, -0.25) is 4.79 Å². The van der Waals surface area contributed by atoms with E-state index in [2.05, 4.69) is 9.97 Å². The molecule has 0 spiro atoms. The molecule has 2 aromatic heterocycles. The number of halogens is 9. The fourth-order valence-corrected chi connectivity index (χ4v) is 6.76. The number of carboxylic acid groups (broad SMARTS) is 1. The molecule has 4 aromatic rings. The van der Waals surface area contributed by atoms with Crippen LogP contribution in [0.2, 0.25) is 0 Å². The predicted molar refractivity (Wildman–Crippen MR) is 163 cm³/mol. The second-order valence-corrected chi connectivity index (χ2v) is 12.4. The predicted octanol–water partition coefficient (Wildman–Crippen LogP) is 9.68. The highest BCUT2D eigenvalue weighted by Crippen LogP contribution is 2.47. The average molecular weight is 730 g/mol. The Balaban J connectivity index is 1.59. The molecule has 3 heterocycles. The topological polar surface area (TPSA) is 92.6 Å². The van der Waals surface area contributed by atoms with Crippen molar-refractivity contribution in [1.82, 2.24) is 14.9 Å². The largest absolute Gasteiger partial charge is 0.481 e. The van der Waals surface area contributed by atoms with Crippen molar-refractivity contribution in [1.29, 1.82) is 0 Å². The maximum atomic E-state index is 13.9. The fourth-order valence-electron chi connectivity index (χ4n) is 5.56. The van der Waals surface area contributed by atoms with Crippen molar-refractivity contribution in [3.63, 3.8) is 0 Å². The lowest BCUT2D eigenvalue weighted by Crippen LogP contribution is -2.32. The van der Waals surface area contributed by atoms with Crippen molar-refractivity contribution in [2.75, 3.05) is 7.11 Å². The first-order chi connectivity index (χ1) is 23.2. The molecule has 1 N–H and O–H groups in total. The van der Waals surface area contributed by atoms with Crippen LogP contribution in [-0.2, 0) is 25.1 Å². The number of carbonyl (C=O) groups excluding carboxylic acids is 1. The molecular formula is C33H24F9N3O4S. The van der Waals surface area contributed by atoms with E-state index in [0.717, 1.165) is 11.0 Å². The summed E-state index contributed by atoms with van der Waals surface area (Å²) < 4.78 is 128. The van der Waals surface area contributed by atoms with Gasteiger partial charge in [0.15, 0.2) is 0 Å². The zero-order valence-corrected chi connectivity index (χ0v) is 26.8. The molecule has 0 radical (unpaired) electrons. The molecule has 0 saturated carbocycles. The number of benzene rings is 2. The molecule has 0 bridgehead atoms. The zero-order valence-electron chi connectivity index (χ0n) is 26.0. The molecule has 7 nitrogen and oxygen atoms in total. The number of pyridine rings is 2. The van der Waals surface area contributed by atoms with Gasteiger partial charge >= 0.3 is 24.5 Å². The molecule has 1 saturated heterocycles. The van der Waals surface area contributed by atoms with Gasteiger partial charge in [0.25, 0.3) is 5.24 Å². The van der Waals surface area contributed by atoms with Crippen molar-refractivity contribution in [3.05, 3.63) is 100.0 Å². The molecule has 1 aliphatic rings. The average Bonchev–Trinajstić information content (AvgIpc) is 3.31. The van der Waals surface area contributed by atoms with Crippen LogP contribution < -0.4 is 4.74 Å². The third-order valence-corrected chi connectivity index (χ3v) is 9.39. The minimum atomic E-state index is -5.14. The Bertz CT molecular complexity index is 1950. The Hall–Kier alpha value is -4.80. The van der Waals surface area contributed by atoms with Gasteiger partial charge in [-0.15, -0.1) is 0 Å². The second kappa shape index (κ2) is 13.2. The number of aromatic nitrogens is 2. The lowest BCUT2D eigenvalue weighted by atomic mass is 9.96. The van der Waals surface area contributed by atoms with Gasteiger partial charge in [0.1, 0.15) is 5.69 Å². The van der Waals surface area contributed by atoms with Gasteiger partial charge in [-0.1, -0.05) is 23.9 Å². The van der Waals surface area contributed by atoms with Gasteiger partial charge in [-0.05, 0) is 73.0 Å². The van der Waals surface area contributed by atoms with E-state index >= 15 is 0 Å². The molecule has 1 aliphatic heterocycles. The lowest BCUT2D eigenvalue weighted by Gasteiger charge is -2.26. The number of thioether (sulfide) groups is 1. The van der Waals surface area contributed by atoms with Crippen LogP contribution >= 0.6 is 11.8 Å². The summed E-state index contributed by atoms with van der Waals surface area (Å²) in [7, 11) is 1.26. The van der Waals surface area contributed by atoms with Crippen molar-refractivity contribution in [2.45, 2.75) is 50.2 Å². The molecule has 2 atom stereocenters. The van der Waals surface area contributed by atoms with E-state index in [0.29, 0.717) is 46.7 Å². The Morgan fingerprint density at radius 3 is 2.04 bits per heavy atom. The lowest BCUT2D eigenvalue weighted by molar-refractivity contribution is -0.143. The number of carboxylic acids is 1. The number of alkyl halides is 9. The number of hydrogen-bond acceptors (Lipinski definition) is 6. The van der Waals surface area contributed by atoms with Crippen LogP contribution in [0.1, 0.15) is 56.2 Å². The van der Waals surface area contributed by atoms with Gasteiger partial charge in [0.2, 0.25) is 5.88 Å². The van der Waals surface area contributed by atoms with E-state index < -0.39 is 70.0 Å². The van der Waals surface area contributed by atoms with Gasteiger partial charge < -0.3 is 14.7 Å². The van der Waals surface area contributed by atoms with Gasteiger partial charge in [0.05, 0.1) is 41.3 Å². The van der Waals surface area contributed by atoms with Gasteiger partial charge in [-0.25, -0.2) is 14.8 Å². The number of methoxy groups -OCH3 is 1. The zero-order chi connectivity index (χ0) is 36.9. The minimum Gasteiger partial charge on any atom is -0.481 e. The molecule has 264 valence electrons. The van der Waals surface area contributed by atoms with Crippen molar-refractivity contribution in [2.24, 2.45) is 0 Å². The van der Waals surface area contributed by atoms with Crippen LogP contribution in [0.4, 0.5) is 44.3 Å². The number of amides is 1. The second-order valence-electron chi connectivity index (χ2n) is 11.3. The van der Waals surface area contributed by atoms with Crippen LogP contribution in [0.25, 0.3) is 22.3 Å². The fraction of sp³-hybridized carbons (Fsp3) is 0.273. The monoisotopic (exact) mass is 729 g/mol. The molecule has 17 heteroatoms. The summed E-state index contributed by atoms with van der Waals surface area (Å²) >= 11 is 0.440. The number of aryl methyl sites for hydroxylation is 1. The summed E-state index contributed by atoms with van der Waals surface area (Å²) in [6, 6.07) is 7.52. The number of ether oxygens (including phenoxy) is 1. The molecule has 50 heavy (non-hydrogen) atoms. The summed E-state index contributed by atoms with van der Waals surface area (Å²) in [5.74, 6) is -1.21. The number of aromatic carboxylic acids is 1. The van der Waals surface area contributed by atoms with E-state index in [4.69, 9.17) is 4.74 Å². The highest BCUT2D eigenvalue weighted by molar-refractivity contribution is 8.14. The Morgan fingerprint density at radius 2 is 1.50 bits per heavy atom. The SMILES string of the molecule is COc1ncc(-c2ccc(C(=O)O)cc2C)cc1-c1ccc(C(F)(F)F)nc1CN1C(=O)S[C@H](c2cc(C(F)(F)F)cc(C(F)(F)F)c2)[C@@H]1C. The van der Waals surface area contributed by atoms with Crippen LogP contribution in [-0.4, -0.2) is 44.3 Å². The maximum absolute atomic E-state index is 13.9.